The van der Waals surface area contributed by atoms with Gasteiger partial charge in [-0.1, -0.05) is 73.2 Å². The fraction of sp³-hybridized carbons (Fsp3) is 0.250. The second-order valence-electron chi connectivity index (χ2n) is 6.86. The van der Waals surface area contributed by atoms with E-state index in [1.807, 2.05) is 6.08 Å². The van der Waals surface area contributed by atoms with E-state index in [1.165, 1.54) is 27.8 Å². The molecule has 0 radical (unpaired) electrons. The van der Waals surface area contributed by atoms with Gasteiger partial charge in [0.25, 0.3) is 0 Å². The Labute approximate surface area is 145 Å². The van der Waals surface area contributed by atoms with Crippen LogP contribution in [0.2, 0.25) is 0 Å². The third kappa shape index (κ3) is 2.47. The highest BCUT2D eigenvalue weighted by Crippen LogP contribution is 2.44. The number of benzene rings is 2. The van der Waals surface area contributed by atoms with E-state index in [0.29, 0.717) is 5.92 Å². The van der Waals surface area contributed by atoms with Gasteiger partial charge in [-0.15, -0.1) is 6.58 Å². The summed E-state index contributed by atoms with van der Waals surface area (Å²) in [5.41, 5.74) is 10.4. The molecule has 24 heavy (non-hydrogen) atoms. The molecule has 1 unspecified atom stereocenters. The molecule has 0 aromatic heterocycles. The van der Waals surface area contributed by atoms with Gasteiger partial charge in [0.15, 0.2) is 0 Å². The van der Waals surface area contributed by atoms with E-state index in [-0.39, 0.29) is 0 Å². The first kappa shape index (κ1) is 15.2. The van der Waals surface area contributed by atoms with Gasteiger partial charge in [0.2, 0.25) is 0 Å². The largest absolute Gasteiger partial charge is 0.103 e. The van der Waals surface area contributed by atoms with Crippen LogP contribution in [0.15, 0.2) is 78.4 Å². The van der Waals surface area contributed by atoms with E-state index in [1.54, 1.807) is 11.1 Å². The number of allylic oxidation sites excluding steroid dienone is 5. The monoisotopic (exact) mass is 312 g/mol. The van der Waals surface area contributed by atoms with Crippen LogP contribution in [0.4, 0.5) is 0 Å². The van der Waals surface area contributed by atoms with Crippen LogP contribution in [-0.2, 0) is 6.42 Å². The normalized spacial score (nSPS) is 16.2. The van der Waals surface area contributed by atoms with Gasteiger partial charge in [0.1, 0.15) is 0 Å². The molecule has 0 N–H and O–H groups in total. The standard InChI is InChI=1S/C24H24/c1-3-8-17-13-14-19(15-17)20(4-2)22-11-7-12-23-21-10-6-5-9-18(21)16-24(22)23/h3,5-7,9-13,15,20H,1,4,8,14,16H2,2H3. The lowest BCUT2D eigenvalue weighted by Crippen LogP contribution is -2.04. The zero-order valence-electron chi connectivity index (χ0n) is 14.4. The van der Waals surface area contributed by atoms with Crippen LogP contribution in [0.5, 0.6) is 0 Å². The van der Waals surface area contributed by atoms with Crippen molar-refractivity contribution in [3.8, 4) is 11.1 Å². The van der Waals surface area contributed by atoms with Crippen LogP contribution < -0.4 is 0 Å². The third-order valence-electron chi connectivity index (χ3n) is 5.47. The van der Waals surface area contributed by atoms with Crippen molar-refractivity contribution < 1.29 is 0 Å². The lowest BCUT2D eigenvalue weighted by atomic mass is 9.84. The van der Waals surface area contributed by atoms with Crippen LogP contribution in [-0.4, -0.2) is 0 Å². The molecule has 0 spiro atoms. The quantitative estimate of drug-likeness (QED) is 0.466. The number of hydrogen-bond acceptors (Lipinski definition) is 0. The zero-order valence-corrected chi connectivity index (χ0v) is 14.4. The van der Waals surface area contributed by atoms with Crippen LogP contribution in [0.1, 0.15) is 48.8 Å². The molecule has 0 heteroatoms. The van der Waals surface area contributed by atoms with Crippen LogP contribution in [0.25, 0.3) is 11.1 Å². The molecule has 0 nitrogen and oxygen atoms in total. The van der Waals surface area contributed by atoms with Crippen LogP contribution in [0, 0.1) is 0 Å². The van der Waals surface area contributed by atoms with Crippen molar-refractivity contribution in [1.29, 1.82) is 0 Å². The summed E-state index contributed by atoms with van der Waals surface area (Å²) in [5, 5.41) is 0. The minimum absolute atomic E-state index is 0.535. The van der Waals surface area contributed by atoms with Crippen molar-refractivity contribution in [2.75, 3.05) is 0 Å². The average Bonchev–Trinajstić information content (AvgIpc) is 3.21. The zero-order chi connectivity index (χ0) is 16.5. The molecular formula is C24H24. The van der Waals surface area contributed by atoms with E-state index < -0.39 is 0 Å². The van der Waals surface area contributed by atoms with E-state index in [0.717, 1.165) is 25.7 Å². The van der Waals surface area contributed by atoms with Gasteiger partial charge in [-0.05, 0) is 59.1 Å². The summed E-state index contributed by atoms with van der Waals surface area (Å²) in [5.74, 6) is 0.535. The molecular weight excluding hydrogens is 288 g/mol. The summed E-state index contributed by atoms with van der Waals surface area (Å²) in [4.78, 5) is 0. The van der Waals surface area contributed by atoms with Crippen molar-refractivity contribution in [2.24, 2.45) is 0 Å². The summed E-state index contributed by atoms with van der Waals surface area (Å²) in [7, 11) is 0. The van der Waals surface area contributed by atoms with E-state index in [4.69, 9.17) is 0 Å². The molecule has 0 aliphatic heterocycles. The Balaban J connectivity index is 1.73. The van der Waals surface area contributed by atoms with Crippen molar-refractivity contribution in [3.63, 3.8) is 0 Å². The van der Waals surface area contributed by atoms with Gasteiger partial charge in [0, 0.05) is 5.92 Å². The third-order valence-corrected chi connectivity index (χ3v) is 5.47. The Bertz CT molecular complexity index is 848. The molecule has 0 fully saturated rings. The Morgan fingerprint density at radius 2 is 1.92 bits per heavy atom. The molecule has 2 aliphatic carbocycles. The Morgan fingerprint density at radius 3 is 2.75 bits per heavy atom. The van der Waals surface area contributed by atoms with E-state index in [2.05, 4.69) is 68.1 Å². The van der Waals surface area contributed by atoms with Crippen molar-refractivity contribution in [2.45, 2.75) is 38.5 Å². The smallest absolute Gasteiger partial charge is 0.00549 e. The maximum atomic E-state index is 3.87. The van der Waals surface area contributed by atoms with Gasteiger partial charge in [0.05, 0.1) is 0 Å². The average molecular weight is 312 g/mol. The number of rotatable bonds is 5. The van der Waals surface area contributed by atoms with Gasteiger partial charge in [-0.25, -0.2) is 0 Å². The van der Waals surface area contributed by atoms with Crippen molar-refractivity contribution in [3.05, 3.63) is 95.1 Å². The van der Waals surface area contributed by atoms with Crippen molar-refractivity contribution in [1.82, 2.24) is 0 Å². The first-order valence-corrected chi connectivity index (χ1v) is 9.02. The van der Waals surface area contributed by atoms with Gasteiger partial charge in [-0.2, -0.15) is 0 Å². The molecule has 2 aromatic carbocycles. The number of hydrogen-bond donors (Lipinski definition) is 0. The van der Waals surface area contributed by atoms with E-state index >= 15 is 0 Å². The predicted octanol–water partition coefficient (Wildman–Crippen LogP) is 6.58. The Hall–Kier alpha value is -2.34. The Morgan fingerprint density at radius 1 is 1.08 bits per heavy atom. The highest BCUT2D eigenvalue weighted by atomic mass is 14.3. The molecule has 4 rings (SSSR count). The maximum absolute atomic E-state index is 3.87. The molecule has 120 valence electrons. The molecule has 1 atom stereocenters. The number of fused-ring (bicyclic) bond motifs is 3. The lowest BCUT2D eigenvalue weighted by Gasteiger charge is -2.20. The molecule has 0 saturated carbocycles. The van der Waals surface area contributed by atoms with Gasteiger partial charge < -0.3 is 0 Å². The molecule has 0 heterocycles. The predicted molar refractivity (Wildman–Crippen MR) is 103 cm³/mol. The summed E-state index contributed by atoms with van der Waals surface area (Å²) in [6.45, 7) is 6.19. The lowest BCUT2D eigenvalue weighted by molar-refractivity contribution is 0.740. The topological polar surface area (TPSA) is 0 Å². The van der Waals surface area contributed by atoms with Crippen LogP contribution in [0.3, 0.4) is 0 Å². The second kappa shape index (κ2) is 6.28. The fourth-order valence-corrected chi connectivity index (χ4v) is 4.35. The molecule has 0 amide bonds. The summed E-state index contributed by atoms with van der Waals surface area (Å²) in [6, 6.07) is 15.7. The highest BCUT2D eigenvalue weighted by Gasteiger charge is 2.25. The van der Waals surface area contributed by atoms with Crippen LogP contribution >= 0.6 is 0 Å². The first-order valence-electron chi connectivity index (χ1n) is 9.02. The molecule has 0 bridgehead atoms. The maximum Gasteiger partial charge on any atom is 0.00549 e. The summed E-state index contributed by atoms with van der Waals surface area (Å²) >= 11 is 0. The van der Waals surface area contributed by atoms with Gasteiger partial charge >= 0.3 is 0 Å². The first-order chi connectivity index (χ1) is 11.8. The fourth-order valence-electron chi connectivity index (χ4n) is 4.35. The molecule has 2 aliphatic rings. The Kier molecular flexibility index (Phi) is 3.98. The SMILES string of the molecule is C=CCC1=CCC(C(CC)c2cccc3c2Cc2ccccc2-3)=C1. The molecule has 0 saturated heterocycles. The minimum atomic E-state index is 0.535. The highest BCUT2D eigenvalue weighted by molar-refractivity contribution is 5.78. The summed E-state index contributed by atoms with van der Waals surface area (Å²) < 4.78 is 0. The molecule has 2 aromatic rings. The van der Waals surface area contributed by atoms with Crippen molar-refractivity contribution >= 4 is 0 Å². The van der Waals surface area contributed by atoms with Gasteiger partial charge in [-0.3, -0.25) is 0 Å². The summed E-state index contributed by atoms with van der Waals surface area (Å²) in [6.07, 6.45) is 11.1. The minimum Gasteiger partial charge on any atom is -0.103 e. The van der Waals surface area contributed by atoms with E-state index in [9.17, 15) is 0 Å². The second-order valence-corrected chi connectivity index (χ2v) is 6.86.